The zero-order chi connectivity index (χ0) is 14.0. The summed E-state index contributed by atoms with van der Waals surface area (Å²) in [6, 6.07) is 0.439. The van der Waals surface area contributed by atoms with Gasteiger partial charge < -0.3 is 5.73 Å². The Bertz CT molecular complexity index is 351. The van der Waals surface area contributed by atoms with Crippen molar-refractivity contribution < 1.29 is 8.42 Å². The molecule has 0 aromatic rings. The molecule has 1 atom stereocenters. The fourth-order valence-corrected chi connectivity index (χ4v) is 4.51. The highest BCUT2D eigenvalue weighted by atomic mass is 32.2. The summed E-state index contributed by atoms with van der Waals surface area (Å²) in [6.45, 7) is 7.18. The van der Waals surface area contributed by atoms with Gasteiger partial charge in [-0.3, -0.25) is 4.90 Å². The van der Waals surface area contributed by atoms with E-state index in [1.807, 2.05) is 0 Å². The van der Waals surface area contributed by atoms with Gasteiger partial charge in [0.25, 0.3) is 0 Å². The van der Waals surface area contributed by atoms with E-state index in [0.29, 0.717) is 31.3 Å². The molecule has 1 aliphatic rings. The third-order valence-corrected chi connectivity index (χ3v) is 6.01. The summed E-state index contributed by atoms with van der Waals surface area (Å²) in [5, 5.41) is 0. The number of hydrogen-bond donors (Lipinski definition) is 1. The van der Waals surface area contributed by atoms with Crippen molar-refractivity contribution in [2.75, 3.05) is 25.1 Å². The van der Waals surface area contributed by atoms with E-state index in [9.17, 15) is 8.42 Å². The average Bonchev–Trinajstić information content (AvgIpc) is 2.28. The molecule has 2 N–H and O–H groups in total. The van der Waals surface area contributed by atoms with Crippen molar-refractivity contribution in [2.45, 2.75) is 51.6 Å². The van der Waals surface area contributed by atoms with E-state index in [0.717, 1.165) is 6.42 Å². The molecule has 1 saturated heterocycles. The van der Waals surface area contributed by atoms with Crippen molar-refractivity contribution in [3.63, 3.8) is 0 Å². The lowest BCUT2D eigenvalue weighted by Crippen LogP contribution is -2.59. The maximum atomic E-state index is 11.6. The van der Waals surface area contributed by atoms with Gasteiger partial charge in [-0.1, -0.05) is 13.8 Å². The summed E-state index contributed by atoms with van der Waals surface area (Å²) in [5.74, 6) is 1.20. The molecule has 0 aromatic heterocycles. The second kappa shape index (κ2) is 5.88. The molecule has 0 amide bonds. The van der Waals surface area contributed by atoms with Crippen LogP contribution in [0.4, 0.5) is 0 Å². The SMILES string of the molecule is CC(C)CC(C)N(C)C1(CN)CCS(=O)(=O)CC1. The summed E-state index contributed by atoms with van der Waals surface area (Å²) in [4.78, 5) is 2.32. The van der Waals surface area contributed by atoms with Crippen LogP contribution in [0.2, 0.25) is 0 Å². The van der Waals surface area contributed by atoms with Crippen molar-refractivity contribution in [3.8, 4) is 0 Å². The van der Waals surface area contributed by atoms with Crippen LogP contribution >= 0.6 is 0 Å². The molecule has 1 fully saturated rings. The van der Waals surface area contributed by atoms with Crippen molar-refractivity contribution in [1.82, 2.24) is 4.90 Å². The molecule has 0 aromatic carbocycles. The van der Waals surface area contributed by atoms with Crippen LogP contribution in [0.15, 0.2) is 0 Å². The van der Waals surface area contributed by atoms with Gasteiger partial charge in [0.2, 0.25) is 0 Å². The predicted molar refractivity (Wildman–Crippen MR) is 76.4 cm³/mol. The Morgan fingerprint density at radius 2 is 1.72 bits per heavy atom. The van der Waals surface area contributed by atoms with E-state index in [1.54, 1.807) is 0 Å². The van der Waals surface area contributed by atoms with Crippen LogP contribution in [-0.4, -0.2) is 50.0 Å². The molecule has 4 nitrogen and oxygen atoms in total. The van der Waals surface area contributed by atoms with Gasteiger partial charge in [0, 0.05) is 18.1 Å². The van der Waals surface area contributed by atoms with Crippen molar-refractivity contribution in [3.05, 3.63) is 0 Å². The van der Waals surface area contributed by atoms with Gasteiger partial charge in [0.05, 0.1) is 11.5 Å². The second-order valence-corrected chi connectivity index (χ2v) is 8.47. The summed E-state index contributed by atoms with van der Waals surface area (Å²) in [7, 11) is -0.733. The van der Waals surface area contributed by atoms with Crippen LogP contribution in [0.25, 0.3) is 0 Å². The Morgan fingerprint density at radius 1 is 1.22 bits per heavy atom. The van der Waals surface area contributed by atoms with Crippen LogP contribution in [0.1, 0.15) is 40.0 Å². The standard InChI is InChI=1S/C13H28N2O2S/c1-11(2)9-12(3)15(4)13(10-14)5-7-18(16,17)8-6-13/h11-12H,5-10,14H2,1-4H3. The van der Waals surface area contributed by atoms with E-state index in [-0.39, 0.29) is 17.0 Å². The van der Waals surface area contributed by atoms with Crippen LogP contribution in [0.3, 0.4) is 0 Å². The van der Waals surface area contributed by atoms with Gasteiger partial charge in [-0.05, 0) is 39.2 Å². The van der Waals surface area contributed by atoms with Crippen molar-refractivity contribution in [2.24, 2.45) is 11.7 Å². The molecular weight excluding hydrogens is 248 g/mol. The zero-order valence-electron chi connectivity index (χ0n) is 12.1. The third kappa shape index (κ3) is 3.68. The lowest BCUT2D eigenvalue weighted by atomic mass is 9.88. The Morgan fingerprint density at radius 3 is 2.11 bits per heavy atom. The van der Waals surface area contributed by atoms with Crippen LogP contribution in [-0.2, 0) is 9.84 Å². The van der Waals surface area contributed by atoms with Crippen LogP contribution < -0.4 is 5.73 Å². The van der Waals surface area contributed by atoms with E-state index in [1.165, 1.54) is 0 Å². The second-order valence-electron chi connectivity index (χ2n) is 6.17. The molecule has 1 unspecified atom stereocenters. The monoisotopic (exact) mass is 276 g/mol. The highest BCUT2D eigenvalue weighted by molar-refractivity contribution is 7.91. The van der Waals surface area contributed by atoms with Gasteiger partial charge >= 0.3 is 0 Å². The maximum Gasteiger partial charge on any atom is 0.150 e. The van der Waals surface area contributed by atoms with Crippen molar-refractivity contribution in [1.29, 1.82) is 0 Å². The number of nitrogens with two attached hydrogens (primary N) is 1. The van der Waals surface area contributed by atoms with Gasteiger partial charge in [-0.25, -0.2) is 8.42 Å². The topological polar surface area (TPSA) is 63.4 Å². The normalized spacial score (nSPS) is 24.4. The largest absolute Gasteiger partial charge is 0.329 e. The lowest BCUT2D eigenvalue weighted by Gasteiger charge is -2.47. The quantitative estimate of drug-likeness (QED) is 0.821. The molecule has 0 aliphatic carbocycles. The molecular formula is C13H28N2O2S. The van der Waals surface area contributed by atoms with Gasteiger partial charge in [0.1, 0.15) is 9.84 Å². The van der Waals surface area contributed by atoms with E-state index in [2.05, 4.69) is 32.7 Å². The first-order chi connectivity index (χ1) is 8.22. The molecule has 1 aliphatic heterocycles. The first kappa shape index (κ1) is 15.9. The maximum absolute atomic E-state index is 11.6. The predicted octanol–water partition coefficient (Wildman–Crippen LogP) is 1.26. The number of sulfone groups is 1. The van der Waals surface area contributed by atoms with Crippen molar-refractivity contribution >= 4 is 9.84 Å². The molecule has 0 saturated carbocycles. The minimum atomic E-state index is -2.83. The number of likely N-dealkylation sites (N-methyl/N-ethyl adjacent to an activating group) is 1. The molecule has 18 heavy (non-hydrogen) atoms. The average molecular weight is 276 g/mol. The molecule has 0 radical (unpaired) electrons. The zero-order valence-corrected chi connectivity index (χ0v) is 13.0. The molecule has 1 heterocycles. The molecule has 5 heteroatoms. The number of rotatable bonds is 5. The Kier molecular flexibility index (Phi) is 5.21. The van der Waals surface area contributed by atoms with Crippen LogP contribution in [0.5, 0.6) is 0 Å². The molecule has 108 valence electrons. The highest BCUT2D eigenvalue weighted by Crippen LogP contribution is 2.31. The lowest BCUT2D eigenvalue weighted by molar-refractivity contribution is 0.0650. The van der Waals surface area contributed by atoms with Gasteiger partial charge in [-0.2, -0.15) is 0 Å². The fraction of sp³-hybridized carbons (Fsp3) is 1.00. The summed E-state index contributed by atoms with van der Waals surface area (Å²) < 4.78 is 23.1. The van der Waals surface area contributed by atoms with E-state index in [4.69, 9.17) is 5.73 Å². The molecule has 1 rings (SSSR count). The third-order valence-electron chi connectivity index (χ3n) is 4.36. The fourth-order valence-electron chi connectivity index (χ4n) is 2.93. The van der Waals surface area contributed by atoms with Gasteiger partial charge in [0.15, 0.2) is 0 Å². The number of nitrogens with zero attached hydrogens (tertiary/aromatic N) is 1. The first-order valence-electron chi connectivity index (χ1n) is 6.86. The minimum absolute atomic E-state index is 0.125. The minimum Gasteiger partial charge on any atom is -0.329 e. The Balaban J connectivity index is 2.76. The summed E-state index contributed by atoms with van der Waals surface area (Å²) in [6.07, 6.45) is 2.46. The molecule has 0 bridgehead atoms. The molecule has 0 spiro atoms. The van der Waals surface area contributed by atoms with Crippen LogP contribution in [0, 0.1) is 5.92 Å². The Hall–Kier alpha value is -0.130. The summed E-state index contributed by atoms with van der Waals surface area (Å²) in [5.41, 5.74) is 5.83. The highest BCUT2D eigenvalue weighted by Gasteiger charge is 2.40. The Labute approximate surface area is 112 Å². The van der Waals surface area contributed by atoms with Gasteiger partial charge in [-0.15, -0.1) is 0 Å². The van der Waals surface area contributed by atoms with E-state index < -0.39 is 9.84 Å². The summed E-state index contributed by atoms with van der Waals surface area (Å²) >= 11 is 0. The number of hydrogen-bond acceptors (Lipinski definition) is 4. The first-order valence-corrected chi connectivity index (χ1v) is 8.68. The van der Waals surface area contributed by atoms with E-state index >= 15 is 0 Å². The smallest absolute Gasteiger partial charge is 0.150 e.